The Balaban J connectivity index is 1.49. The molecule has 0 amide bonds. The highest BCUT2D eigenvalue weighted by Gasteiger charge is 2.60. The van der Waals surface area contributed by atoms with Gasteiger partial charge in [-0.3, -0.25) is 4.79 Å². The molecule has 0 saturated heterocycles. The third-order valence-electron chi connectivity index (χ3n) is 10.6. The largest absolute Gasteiger partial charge is 0.459 e. The summed E-state index contributed by atoms with van der Waals surface area (Å²) < 4.78 is 5.48. The fourth-order valence-corrected chi connectivity index (χ4v) is 9.03. The molecule has 4 aliphatic carbocycles. The van der Waals surface area contributed by atoms with Crippen molar-refractivity contribution in [3.05, 3.63) is 11.6 Å². The highest BCUT2D eigenvalue weighted by molar-refractivity contribution is 5.66. The molecule has 0 spiro atoms. The maximum atomic E-state index is 11.5. The first-order valence-electron chi connectivity index (χ1n) is 13.6. The molecule has 9 atom stereocenters. The molecule has 0 heterocycles. The van der Waals surface area contributed by atoms with Crippen molar-refractivity contribution in [1.82, 2.24) is 0 Å². The van der Waals surface area contributed by atoms with Crippen LogP contribution in [0.4, 0.5) is 0 Å². The van der Waals surface area contributed by atoms with Crippen molar-refractivity contribution in [2.45, 2.75) is 118 Å². The van der Waals surface area contributed by atoms with Gasteiger partial charge >= 0.3 is 5.97 Å². The first-order valence-corrected chi connectivity index (χ1v) is 13.6. The number of carbonyl (C=O) groups is 1. The Morgan fingerprint density at radius 3 is 2.59 bits per heavy atom. The van der Waals surface area contributed by atoms with E-state index in [0.29, 0.717) is 11.3 Å². The highest BCUT2D eigenvalue weighted by atomic mass is 16.6. The molecule has 182 valence electrons. The lowest BCUT2D eigenvalue weighted by molar-refractivity contribution is -0.158. The molecule has 4 aliphatic rings. The Hall–Kier alpha value is -0.830. The van der Waals surface area contributed by atoms with Crippen LogP contribution in [0.5, 0.6) is 0 Å². The number of hydrogen-bond acceptors (Lipinski definition) is 3. The quantitative estimate of drug-likeness (QED) is 0.357. The third-order valence-corrected chi connectivity index (χ3v) is 10.6. The molecule has 0 aromatic carbocycles. The van der Waals surface area contributed by atoms with Crippen LogP contribution in [-0.4, -0.2) is 23.3 Å². The Morgan fingerprint density at radius 2 is 1.91 bits per heavy atom. The van der Waals surface area contributed by atoms with Gasteiger partial charge in [0.2, 0.25) is 0 Å². The maximum Gasteiger partial charge on any atom is 0.303 e. The Morgan fingerprint density at radius 1 is 1.16 bits per heavy atom. The van der Waals surface area contributed by atoms with E-state index in [0.717, 1.165) is 42.4 Å². The predicted octanol–water partition coefficient (Wildman–Crippen LogP) is 6.93. The predicted molar refractivity (Wildman–Crippen MR) is 130 cm³/mol. The van der Waals surface area contributed by atoms with Gasteiger partial charge in [-0.05, 0) is 84.9 Å². The Bertz CT molecular complexity index is 726. The number of ether oxygens (including phenoxy) is 1. The minimum absolute atomic E-state index is 0.0707. The van der Waals surface area contributed by atoms with E-state index >= 15 is 0 Å². The summed E-state index contributed by atoms with van der Waals surface area (Å²) in [6, 6.07) is 0. The maximum absolute atomic E-state index is 11.5. The summed E-state index contributed by atoms with van der Waals surface area (Å²) in [6.07, 6.45) is 13.9. The van der Waals surface area contributed by atoms with Crippen LogP contribution in [0.3, 0.4) is 0 Å². The molecule has 0 aromatic rings. The molecule has 3 nitrogen and oxygen atoms in total. The number of allylic oxidation sites excluding steroid dienone is 1. The summed E-state index contributed by atoms with van der Waals surface area (Å²) in [6.45, 7) is 13.7. The van der Waals surface area contributed by atoms with Gasteiger partial charge in [0, 0.05) is 13.3 Å². The van der Waals surface area contributed by atoms with E-state index in [2.05, 4.69) is 40.7 Å². The van der Waals surface area contributed by atoms with Crippen LogP contribution in [-0.2, 0) is 9.53 Å². The molecular formula is C29H48O3. The van der Waals surface area contributed by atoms with Crippen LogP contribution < -0.4 is 0 Å². The highest BCUT2D eigenvalue weighted by Crippen LogP contribution is 2.67. The minimum Gasteiger partial charge on any atom is -0.459 e. The summed E-state index contributed by atoms with van der Waals surface area (Å²) in [5, 5.41) is 10.9. The number of carbonyl (C=O) groups excluding carboxylic acids is 1. The van der Waals surface area contributed by atoms with Gasteiger partial charge in [0.25, 0.3) is 0 Å². The average Bonchev–Trinajstić information content (AvgIpc) is 3.05. The smallest absolute Gasteiger partial charge is 0.303 e. The van der Waals surface area contributed by atoms with Crippen molar-refractivity contribution in [2.75, 3.05) is 0 Å². The zero-order valence-corrected chi connectivity index (χ0v) is 21.5. The lowest BCUT2D eigenvalue weighted by Gasteiger charge is -2.59. The number of aliphatic hydroxyl groups excluding tert-OH is 1. The second-order valence-electron chi connectivity index (χ2n) is 12.9. The van der Waals surface area contributed by atoms with Crippen molar-refractivity contribution >= 4 is 5.97 Å². The van der Waals surface area contributed by atoms with E-state index in [-0.39, 0.29) is 17.5 Å². The molecule has 0 bridgehead atoms. The first kappa shape index (κ1) is 24.3. The van der Waals surface area contributed by atoms with Gasteiger partial charge in [0.1, 0.15) is 6.10 Å². The van der Waals surface area contributed by atoms with Crippen molar-refractivity contribution < 1.29 is 14.6 Å². The van der Waals surface area contributed by atoms with Gasteiger partial charge < -0.3 is 9.84 Å². The van der Waals surface area contributed by atoms with Gasteiger partial charge in [0.15, 0.2) is 0 Å². The van der Waals surface area contributed by atoms with Crippen LogP contribution >= 0.6 is 0 Å². The molecule has 3 fully saturated rings. The van der Waals surface area contributed by atoms with Crippen molar-refractivity contribution in [2.24, 2.45) is 46.3 Å². The number of aliphatic hydroxyl groups is 1. The monoisotopic (exact) mass is 444 g/mol. The second kappa shape index (κ2) is 9.08. The fraction of sp³-hybridized carbons (Fsp3) is 0.897. The Kier molecular flexibility index (Phi) is 6.90. The van der Waals surface area contributed by atoms with Gasteiger partial charge in [-0.15, -0.1) is 0 Å². The summed E-state index contributed by atoms with van der Waals surface area (Å²) in [5.41, 5.74) is 2.02. The second-order valence-corrected chi connectivity index (χ2v) is 12.9. The molecule has 0 radical (unpaired) electrons. The van der Waals surface area contributed by atoms with Gasteiger partial charge in [0.05, 0.1) is 6.10 Å². The SMILES string of the molecule is CC(=O)O[C@@H]1CC2=CC[C@H]3[C@@H]4CC[C@H]([C@H](C)CCCC(C)C)[C@@]4(C)CC[C@@H]3[C@@]2(C)C[C@@H]1O. The lowest BCUT2D eigenvalue weighted by atomic mass is 9.46. The standard InChI is InChI=1S/C29H48O3/c1-18(2)8-7-9-19(3)23-12-13-24-22-11-10-21-16-27(32-20(4)30)26(31)17-29(21,6)25(22)14-15-28(23,24)5/h10,18-19,22-27,31H,7-9,11-17H2,1-6H3/t19-,22+,23-,24+,25+,26+,27-,28-,29+/m1/s1. The normalized spacial score (nSPS) is 44.3. The van der Waals surface area contributed by atoms with E-state index in [4.69, 9.17) is 4.74 Å². The van der Waals surface area contributed by atoms with Crippen LogP contribution in [0.1, 0.15) is 106 Å². The molecule has 1 N–H and O–H groups in total. The number of fused-ring (bicyclic) bond motifs is 5. The van der Waals surface area contributed by atoms with Gasteiger partial charge in [-0.2, -0.15) is 0 Å². The third kappa shape index (κ3) is 4.21. The number of rotatable bonds is 6. The molecular weight excluding hydrogens is 396 g/mol. The van der Waals surface area contributed by atoms with E-state index in [1.807, 2.05) is 0 Å². The van der Waals surface area contributed by atoms with E-state index < -0.39 is 6.10 Å². The number of hydrogen-bond donors (Lipinski definition) is 1. The summed E-state index contributed by atoms with van der Waals surface area (Å²) in [4.78, 5) is 11.5. The molecule has 3 heteroatoms. The number of esters is 1. The van der Waals surface area contributed by atoms with Crippen molar-refractivity contribution in [1.29, 1.82) is 0 Å². The van der Waals surface area contributed by atoms with Gasteiger partial charge in [-0.1, -0.05) is 65.5 Å². The summed E-state index contributed by atoms with van der Waals surface area (Å²) in [5.74, 6) is 4.52. The van der Waals surface area contributed by atoms with Crippen LogP contribution in [0.25, 0.3) is 0 Å². The van der Waals surface area contributed by atoms with Crippen molar-refractivity contribution in [3.63, 3.8) is 0 Å². The van der Waals surface area contributed by atoms with Crippen molar-refractivity contribution in [3.8, 4) is 0 Å². The summed E-state index contributed by atoms with van der Waals surface area (Å²) >= 11 is 0. The topological polar surface area (TPSA) is 46.5 Å². The van der Waals surface area contributed by atoms with Gasteiger partial charge in [-0.25, -0.2) is 0 Å². The average molecular weight is 445 g/mol. The van der Waals surface area contributed by atoms with E-state index in [1.54, 1.807) is 0 Å². The van der Waals surface area contributed by atoms with E-state index in [1.165, 1.54) is 63.9 Å². The molecule has 3 saturated carbocycles. The molecule has 0 aromatic heterocycles. The zero-order valence-electron chi connectivity index (χ0n) is 21.5. The molecule has 0 aliphatic heterocycles. The Labute approximate surface area is 196 Å². The fourth-order valence-electron chi connectivity index (χ4n) is 9.03. The molecule has 32 heavy (non-hydrogen) atoms. The lowest BCUT2D eigenvalue weighted by Crippen LogP contribution is -2.53. The van der Waals surface area contributed by atoms with E-state index in [9.17, 15) is 9.90 Å². The minimum atomic E-state index is -0.537. The molecule has 0 unspecified atom stereocenters. The van der Waals surface area contributed by atoms with Crippen LogP contribution in [0.15, 0.2) is 11.6 Å². The van der Waals surface area contributed by atoms with Crippen LogP contribution in [0.2, 0.25) is 0 Å². The zero-order chi connectivity index (χ0) is 23.3. The van der Waals surface area contributed by atoms with Crippen LogP contribution in [0, 0.1) is 46.3 Å². The first-order chi connectivity index (χ1) is 15.1. The summed E-state index contributed by atoms with van der Waals surface area (Å²) in [7, 11) is 0. The molecule has 4 rings (SSSR count).